The van der Waals surface area contributed by atoms with Crippen molar-refractivity contribution in [3.8, 4) is 5.75 Å². The summed E-state index contributed by atoms with van der Waals surface area (Å²) < 4.78 is 4.99. The molecule has 0 radical (unpaired) electrons. The summed E-state index contributed by atoms with van der Waals surface area (Å²) in [5.41, 5.74) is 0.948. The highest BCUT2D eigenvalue weighted by atomic mass is 16.6. The number of benzene rings is 1. The van der Waals surface area contributed by atoms with Crippen LogP contribution in [-0.2, 0) is 6.42 Å². The van der Waals surface area contributed by atoms with Gasteiger partial charge in [-0.25, -0.2) is 0 Å². The van der Waals surface area contributed by atoms with Gasteiger partial charge in [-0.2, -0.15) is 0 Å². The van der Waals surface area contributed by atoms with Gasteiger partial charge in [0.15, 0.2) is 0 Å². The number of rotatable bonds is 4. The van der Waals surface area contributed by atoms with Crippen LogP contribution in [-0.4, -0.2) is 25.1 Å². The van der Waals surface area contributed by atoms with Gasteiger partial charge in [-0.15, -0.1) is 0 Å². The first kappa shape index (κ1) is 10.9. The molecule has 1 aliphatic heterocycles. The Balaban J connectivity index is 2.24. The van der Waals surface area contributed by atoms with Gasteiger partial charge in [0, 0.05) is 5.56 Å². The van der Waals surface area contributed by atoms with Crippen LogP contribution in [0.3, 0.4) is 0 Å². The quantitative estimate of drug-likeness (QED) is 0.617. The van der Waals surface area contributed by atoms with Gasteiger partial charge in [-0.3, -0.25) is 10.1 Å². The number of methoxy groups -OCH3 is 1. The molecular formula is C11H14N2O3. The zero-order chi connectivity index (χ0) is 11.5. The SMILES string of the molecule is COc1ccc(CC2CNC2)c([N+](=O)[O-])c1. The highest BCUT2D eigenvalue weighted by Gasteiger charge is 2.22. The third kappa shape index (κ3) is 2.14. The lowest BCUT2D eigenvalue weighted by molar-refractivity contribution is -0.385. The van der Waals surface area contributed by atoms with E-state index in [9.17, 15) is 10.1 Å². The Morgan fingerprint density at radius 3 is 2.81 bits per heavy atom. The van der Waals surface area contributed by atoms with E-state index in [1.165, 1.54) is 13.2 Å². The number of ether oxygens (including phenoxy) is 1. The van der Waals surface area contributed by atoms with Gasteiger partial charge in [0.25, 0.3) is 5.69 Å². The average molecular weight is 222 g/mol. The second kappa shape index (κ2) is 4.49. The number of hydrogen-bond donors (Lipinski definition) is 1. The second-order valence-corrected chi connectivity index (χ2v) is 3.98. The number of nitrogens with zero attached hydrogens (tertiary/aromatic N) is 1. The van der Waals surface area contributed by atoms with Crippen LogP contribution in [0.4, 0.5) is 5.69 Å². The van der Waals surface area contributed by atoms with Gasteiger partial charge >= 0.3 is 0 Å². The molecule has 0 unspecified atom stereocenters. The molecule has 0 spiro atoms. The van der Waals surface area contributed by atoms with Crippen LogP contribution in [0.5, 0.6) is 5.75 Å². The topological polar surface area (TPSA) is 64.4 Å². The smallest absolute Gasteiger partial charge is 0.276 e. The van der Waals surface area contributed by atoms with Crippen molar-refractivity contribution < 1.29 is 9.66 Å². The van der Waals surface area contributed by atoms with Gasteiger partial charge < -0.3 is 10.1 Å². The third-order valence-corrected chi connectivity index (χ3v) is 2.86. The van der Waals surface area contributed by atoms with Crippen LogP contribution >= 0.6 is 0 Å². The van der Waals surface area contributed by atoms with Crippen LogP contribution in [0.1, 0.15) is 5.56 Å². The predicted molar refractivity (Wildman–Crippen MR) is 59.7 cm³/mol. The Kier molecular flexibility index (Phi) is 3.05. The van der Waals surface area contributed by atoms with Crippen molar-refractivity contribution in [3.05, 3.63) is 33.9 Å². The summed E-state index contributed by atoms with van der Waals surface area (Å²) in [6.45, 7) is 1.90. The molecule has 1 aromatic rings. The lowest BCUT2D eigenvalue weighted by Crippen LogP contribution is -2.43. The molecule has 2 rings (SSSR count). The predicted octanol–water partition coefficient (Wildman–Crippen LogP) is 1.37. The van der Waals surface area contributed by atoms with Crippen molar-refractivity contribution in [2.45, 2.75) is 6.42 Å². The van der Waals surface area contributed by atoms with Crippen molar-refractivity contribution in [3.63, 3.8) is 0 Å². The van der Waals surface area contributed by atoms with E-state index in [0.717, 1.165) is 25.1 Å². The van der Waals surface area contributed by atoms with E-state index in [0.29, 0.717) is 11.7 Å². The van der Waals surface area contributed by atoms with Gasteiger partial charge in [-0.05, 0) is 37.6 Å². The van der Waals surface area contributed by atoms with Gasteiger partial charge in [0.05, 0.1) is 18.1 Å². The molecule has 0 amide bonds. The number of nitro benzene ring substituents is 1. The fourth-order valence-corrected chi connectivity index (χ4v) is 1.82. The fourth-order valence-electron chi connectivity index (χ4n) is 1.82. The van der Waals surface area contributed by atoms with Crippen molar-refractivity contribution in [2.24, 2.45) is 5.92 Å². The highest BCUT2D eigenvalue weighted by molar-refractivity contribution is 5.46. The summed E-state index contributed by atoms with van der Waals surface area (Å²) in [5.74, 6) is 1.05. The van der Waals surface area contributed by atoms with E-state index >= 15 is 0 Å². The molecule has 1 aliphatic rings. The molecule has 86 valence electrons. The molecule has 0 bridgehead atoms. The van der Waals surface area contributed by atoms with Crippen LogP contribution < -0.4 is 10.1 Å². The van der Waals surface area contributed by atoms with Crippen LogP contribution in [0.25, 0.3) is 0 Å². The Morgan fingerprint density at radius 2 is 2.31 bits per heavy atom. The first-order chi connectivity index (χ1) is 7.70. The van der Waals surface area contributed by atoms with Crippen LogP contribution in [0.2, 0.25) is 0 Å². The fraction of sp³-hybridized carbons (Fsp3) is 0.455. The summed E-state index contributed by atoms with van der Waals surface area (Å²) in [5, 5.41) is 14.1. The molecule has 1 aromatic carbocycles. The minimum Gasteiger partial charge on any atom is -0.497 e. The zero-order valence-corrected chi connectivity index (χ0v) is 9.10. The molecule has 1 N–H and O–H groups in total. The van der Waals surface area contributed by atoms with Gasteiger partial charge in [-0.1, -0.05) is 0 Å². The summed E-state index contributed by atoms with van der Waals surface area (Å²) in [4.78, 5) is 10.6. The minimum atomic E-state index is -0.343. The molecule has 5 nitrogen and oxygen atoms in total. The second-order valence-electron chi connectivity index (χ2n) is 3.98. The maximum Gasteiger partial charge on any atom is 0.276 e. The molecule has 0 aliphatic carbocycles. The Labute approximate surface area is 93.6 Å². The normalized spacial score (nSPS) is 15.6. The van der Waals surface area contributed by atoms with E-state index in [4.69, 9.17) is 4.74 Å². The van der Waals surface area contributed by atoms with E-state index in [2.05, 4.69) is 5.32 Å². The summed E-state index contributed by atoms with van der Waals surface area (Å²) in [6, 6.07) is 5.05. The zero-order valence-electron chi connectivity index (χ0n) is 9.10. The molecule has 5 heteroatoms. The Bertz CT molecular complexity index is 402. The molecule has 0 atom stereocenters. The Morgan fingerprint density at radius 1 is 1.56 bits per heavy atom. The third-order valence-electron chi connectivity index (χ3n) is 2.86. The summed E-state index contributed by atoms with van der Waals surface area (Å²) in [7, 11) is 1.51. The number of nitrogens with one attached hydrogen (secondary N) is 1. The van der Waals surface area contributed by atoms with Crippen LogP contribution in [0.15, 0.2) is 18.2 Å². The maximum absolute atomic E-state index is 10.9. The first-order valence-electron chi connectivity index (χ1n) is 5.22. The van der Waals surface area contributed by atoms with E-state index in [-0.39, 0.29) is 10.6 Å². The number of hydrogen-bond acceptors (Lipinski definition) is 4. The van der Waals surface area contributed by atoms with E-state index in [1.54, 1.807) is 12.1 Å². The number of nitro groups is 1. The standard InChI is InChI=1S/C11H14N2O3/c1-16-10-3-2-9(4-8-6-12-7-8)11(5-10)13(14)15/h2-3,5,8,12H,4,6-7H2,1H3. The monoisotopic (exact) mass is 222 g/mol. The van der Waals surface area contributed by atoms with Gasteiger partial charge in [0.1, 0.15) is 5.75 Å². The summed E-state index contributed by atoms with van der Waals surface area (Å²) >= 11 is 0. The summed E-state index contributed by atoms with van der Waals surface area (Å²) in [6.07, 6.45) is 0.757. The molecule has 16 heavy (non-hydrogen) atoms. The molecular weight excluding hydrogens is 208 g/mol. The Hall–Kier alpha value is -1.62. The molecule has 1 fully saturated rings. The largest absolute Gasteiger partial charge is 0.497 e. The van der Waals surface area contributed by atoms with E-state index in [1.807, 2.05) is 0 Å². The lowest BCUT2D eigenvalue weighted by atomic mass is 9.93. The molecule has 1 heterocycles. The molecule has 0 aromatic heterocycles. The minimum absolute atomic E-state index is 0.159. The van der Waals surface area contributed by atoms with E-state index < -0.39 is 0 Å². The average Bonchev–Trinajstić information content (AvgIpc) is 2.23. The maximum atomic E-state index is 10.9. The van der Waals surface area contributed by atoms with Gasteiger partial charge in [0.2, 0.25) is 0 Å². The highest BCUT2D eigenvalue weighted by Crippen LogP contribution is 2.27. The first-order valence-corrected chi connectivity index (χ1v) is 5.22. The lowest BCUT2D eigenvalue weighted by Gasteiger charge is -2.26. The van der Waals surface area contributed by atoms with Crippen molar-refractivity contribution >= 4 is 5.69 Å². The molecule has 0 saturated carbocycles. The van der Waals surface area contributed by atoms with Crippen molar-refractivity contribution in [1.82, 2.24) is 5.32 Å². The van der Waals surface area contributed by atoms with Crippen LogP contribution in [0, 0.1) is 16.0 Å². The van der Waals surface area contributed by atoms with Crippen molar-refractivity contribution in [2.75, 3.05) is 20.2 Å². The molecule has 1 saturated heterocycles. The van der Waals surface area contributed by atoms with Crippen molar-refractivity contribution in [1.29, 1.82) is 0 Å².